The van der Waals surface area contributed by atoms with Gasteiger partial charge in [0.15, 0.2) is 5.75 Å². The van der Waals surface area contributed by atoms with E-state index in [1.54, 1.807) is 69.3 Å². The van der Waals surface area contributed by atoms with Crippen LogP contribution in [0.2, 0.25) is 0 Å². The molecular weight excluding hydrogens is 1820 g/mol. The molecule has 0 radical (unpaired) electrons. The van der Waals surface area contributed by atoms with E-state index in [1.807, 2.05) is 114 Å². The summed E-state index contributed by atoms with van der Waals surface area (Å²) >= 11 is 5.91. The number of nitrogens with one attached hydrogen (secondary N) is 2. The van der Waals surface area contributed by atoms with Crippen LogP contribution in [0.4, 0.5) is 47.4 Å². The molecule has 113 heavy (non-hydrogen) atoms. The van der Waals surface area contributed by atoms with Gasteiger partial charge in [-0.05, 0) is 237 Å². The molecule has 2 saturated heterocycles. The fraction of sp³-hybridized carbons (Fsp3) is 0.278. The van der Waals surface area contributed by atoms with Crippen LogP contribution in [0.1, 0.15) is 78.9 Å². The first kappa shape index (κ1) is 78.1. The first-order valence-electron chi connectivity index (χ1n) is 35.9. The molecule has 4 N–H and O–H groups in total. The molecule has 584 valence electrons. The molecule has 0 spiro atoms. The van der Waals surface area contributed by atoms with Crippen LogP contribution in [0.3, 0.4) is 0 Å². The van der Waals surface area contributed by atoms with E-state index in [4.69, 9.17) is 4.18 Å². The molecule has 17 rings (SSSR count). The van der Waals surface area contributed by atoms with Crippen molar-refractivity contribution < 1.29 is 36.0 Å². The van der Waals surface area contributed by atoms with Crippen molar-refractivity contribution in [1.29, 1.82) is 0 Å². The lowest BCUT2D eigenvalue weighted by atomic mass is 10.1. The molecular formula is C79H71F3I3N13O14S. The van der Waals surface area contributed by atoms with E-state index in [-0.39, 0.29) is 95.7 Å². The second-order valence-corrected chi connectivity index (χ2v) is 34.1. The highest BCUT2D eigenvalue weighted by molar-refractivity contribution is 14.1. The Morgan fingerprint density at radius 1 is 0.451 bits per heavy atom. The Morgan fingerprint density at radius 2 is 0.885 bits per heavy atom. The summed E-state index contributed by atoms with van der Waals surface area (Å²) in [7, 11) is -0.131. The number of aliphatic hydroxyl groups is 2. The molecule has 0 atom stereocenters. The maximum absolute atomic E-state index is 15.3. The van der Waals surface area contributed by atoms with Gasteiger partial charge in [0.05, 0.1) is 51.7 Å². The number of hydrogen-bond acceptors (Lipinski definition) is 18. The molecule has 8 heterocycles. The summed E-state index contributed by atoms with van der Waals surface area (Å²) in [4.78, 5) is 127. The lowest BCUT2D eigenvalue weighted by Gasteiger charge is -2.38. The van der Waals surface area contributed by atoms with Crippen LogP contribution in [0, 0.1) is 55.9 Å². The van der Waals surface area contributed by atoms with Gasteiger partial charge in [0.1, 0.15) is 55.6 Å². The number of nitrogens with zero attached hydrogens (tertiary/aromatic N) is 11. The predicted molar refractivity (Wildman–Crippen MR) is 449 cm³/mol. The fourth-order valence-electron chi connectivity index (χ4n) is 14.4. The average molecular weight is 1900 g/mol. The average Bonchev–Trinajstić information content (AvgIpc) is 1.69. The van der Waals surface area contributed by atoms with Crippen molar-refractivity contribution in [1.82, 2.24) is 41.1 Å². The lowest BCUT2D eigenvalue weighted by molar-refractivity contribution is 0.141. The van der Waals surface area contributed by atoms with Crippen molar-refractivity contribution in [2.75, 3.05) is 46.6 Å². The molecule has 6 aromatic carbocycles. The van der Waals surface area contributed by atoms with Gasteiger partial charge in [0.2, 0.25) is 0 Å². The van der Waals surface area contributed by atoms with Crippen LogP contribution in [0.5, 0.6) is 5.75 Å². The lowest BCUT2D eigenvalue weighted by Crippen LogP contribution is -2.50. The van der Waals surface area contributed by atoms with Crippen molar-refractivity contribution in [3.8, 4) is 22.8 Å². The number of β-amino-alcohol motifs (C(OH)–C–C–N with tert-alkyl or cyclic N) is 2. The van der Waals surface area contributed by atoms with Gasteiger partial charge in [-0.3, -0.25) is 60.7 Å². The van der Waals surface area contributed by atoms with Crippen molar-refractivity contribution in [2.24, 2.45) is 21.1 Å². The Morgan fingerprint density at radius 3 is 1.38 bits per heavy atom. The molecule has 27 nitrogen and oxygen atoms in total. The second kappa shape index (κ2) is 30.0. The number of aliphatic hydroxyl groups excluding tert-OH is 2. The summed E-state index contributed by atoms with van der Waals surface area (Å²) in [6.07, 6.45) is 3.09. The normalized spacial score (nSPS) is 15.0. The molecule has 3 saturated carbocycles. The number of halogens is 6. The summed E-state index contributed by atoms with van der Waals surface area (Å²) in [6.45, 7) is 8.36. The SMILES string of the molecule is Cc1c(=O)n(C)c(Nc2ccc(I)cc2F)c2c(=O)n(C3CC3)c(=O)n(-c3cccc(N4CC(O)C4)c3)c12.Cc1c(Nc2cccc(N3CC(O)C3)c2)c2c(=O)n(C3CC3)c(=O)n(-c3ccc(I)cc3F)c2n(C)c1=O.Cc1ccc(S(=O)(=O)Oc2c(C)c(=O)n(C)c3c2c(=O)n(C2CC2)c(=O)n3-c2ccc(I)cc2F)cc1. The van der Waals surface area contributed by atoms with E-state index in [2.05, 4.69) is 10.6 Å². The Labute approximate surface area is 680 Å². The first-order valence-corrected chi connectivity index (χ1v) is 40.6. The number of pyridine rings is 3. The third-order valence-corrected chi connectivity index (χ3v) is 24.1. The molecule has 0 unspecified atom stereocenters. The summed E-state index contributed by atoms with van der Waals surface area (Å²) in [5, 5.41) is 25.7. The quantitative estimate of drug-likeness (QED) is 0.0548. The molecule has 6 aromatic heterocycles. The minimum absolute atomic E-state index is 0.0251. The maximum atomic E-state index is 15.3. The Kier molecular flexibility index (Phi) is 20.7. The van der Waals surface area contributed by atoms with Crippen LogP contribution < -0.4 is 75.0 Å². The van der Waals surface area contributed by atoms with Gasteiger partial charge in [-0.2, -0.15) is 8.42 Å². The highest BCUT2D eigenvalue weighted by Crippen LogP contribution is 2.39. The van der Waals surface area contributed by atoms with E-state index in [0.717, 1.165) is 35.2 Å². The Balaban J connectivity index is 0.000000134. The molecule has 34 heteroatoms. The van der Waals surface area contributed by atoms with E-state index >= 15 is 8.78 Å². The van der Waals surface area contributed by atoms with Gasteiger partial charge < -0.3 is 34.8 Å². The van der Waals surface area contributed by atoms with Crippen LogP contribution in [0.15, 0.2) is 175 Å². The van der Waals surface area contributed by atoms with Gasteiger partial charge in [-0.1, -0.05) is 29.8 Å². The van der Waals surface area contributed by atoms with Gasteiger partial charge in [-0.15, -0.1) is 0 Å². The number of aromatic nitrogens is 9. The zero-order chi connectivity index (χ0) is 80.6. The zero-order valence-corrected chi connectivity index (χ0v) is 68.8. The molecule has 3 aliphatic carbocycles. The molecule has 12 aromatic rings. The first-order chi connectivity index (χ1) is 53.7. The number of anilines is 6. The summed E-state index contributed by atoms with van der Waals surface area (Å²) in [6, 6.07) is 32.9. The zero-order valence-electron chi connectivity index (χ0n) is 61.5. The van der Waals surface area contributed by atoms with Crippen LogP contribution >= 0.6 is 67.8 Å². The summed E-state index contributed by atoms with van der Waals surface area (Å²) in [5.41, 5.74) is -1.21. The third kappa shape index (κ3) is 14.3. The monoisotopic (exact) mass is 1900 g/mol. The summed E-state index contributed by atoms with van der Waals surface area (Å²) < 4.78 is 89.5. The molecule has 2 aliphatic heterocycles. The smallest absolute Gasteiger partial charge is 0.339 e. The largest absolute Gasteiger partial charge is 0.389 e. The minimum Gasteiger partial charge on any atom is -0.389 e. The highest BCUT2D eigenvalue weighted by atomic mass is 127. The van der Waals surface area contributed by atoms with Crippen molar-refractivity contribution >= 4 is 145 Å². The number of aryl methyl sites for hydroxylation is 4. The van der Waals surface area contributed by atoms with Crippen LogP contribution in [-0.4, -0.2) is 98.1 Å². The Bertz CT molecular complexity index is 6770. The van der Waals surface area contributed by atoms with E-state index < -0.39 is 95.9 Å². The fourth-order valence-corrected chi connectivity index (χ4v) is 16.8. The predicted octanol–water partition coefficient (Wildman–Crippen LogP) is 9.64. The molecule has 5 fully saturated rings. The topological polar surface area (TPSA) is 312 Å². The number of hydrogen-bond donors (Lipinski definition) is 4. The molecule has 0 bridgehead atoms. The molecule has 0 amide bonds. The third-order valence-electron chi connectivity index (χ3n) is 20.8. The standard InChI is InChI=1S/2C27H25FIN5O4.C25H21FIN3O6S/c1-14-23-22(24(31(2)25(14)36)30-21-9-6-15(29)10-20(21)28)26(37)34(16-7-8-16)27(38)33(23)18-5-3-4-17(11-18)32-12-19(35)13-32;1-14-23(30-16-4-3-5-18(11-16)32-12-19(35)13-32)22-24(31(2)25(14)36)34(21-9-6-15(29)10-20(21)28)27(38)33(26(22)37)17-7-8-17;1-13-4-9-17(10-5-13)37(34,35)36-21-14(2)23(31)28(3)22-20(21)24(32)29(16-7-8-16)25(33)30(22)19-11-6-15(27)12-18(19)26/h3-6,9-11,16,19,30,35H,7-8,12-13H2,1-2H3;3-6,9-11,17,19,30,35H,7-8,12-13H2,1-2H3;4-6,9-12,16H,7-8H2,1-3H3. The van der Waals surface area contributed by atoms with Crippen LogP contribution in [0.25, 0.3) is 50.0 Å². The minimum atomic E-state index is -4.47. The van der Waals surface area contributed by atoms with Gasteiger partial charge >= 0.3 is 27.2 Å². The van der Waals surface area contributed by atoms with E-state index in [1.165, 1.54) is 93.4 Å². The molecule has 5 aliphatic rings. The van der Waals surface area contributed by atoms with Crippen molar-refractivity contribution in [2.45, 2.75) is 101 Å². The number of benzene rings is 6. The van der Waals surface area contributed by atoms with E-state index in [0.29, 0.717) is 92.4 Å². The van der Waals surface area contributed by atoms with Crippen LogP contribution in [-0.2, 0) is 31.3 Å². The van der Waals surface area contributed by atoms with Crippen molar-refractivity contribution in [3.05, 3.63) is 271 Å². The number of rotatable bonds is 15. The van der Waals surface area contributed by atoms with Gasteiger partial charge in [-0.25, -0.2) is 36.7 Å². The summed E-state index contributed by atoms with van der Waals surface area (Å²) in [5.74, 6) is -2.28. The number of fused-ring (bicyclic) bond motifs is 3. The van der Waals surface area contributed by atoms with Gasteiger partial charge in [0.25, 0.3) is 33.4 Å². The van der Waals surface area contributed by atoms with Crippen molar-refractivity contribution in [3.63, 3.8) is 0 Å². The van der Waals surface area contributed by atoms with E-state index in [9.17, 15) is 66.2 Å². The maximum Gasteiger partial charge on any atom is 0.339 e. The Hall–Kier alpha value is -10.2. The van der Waals surface area contributed by atoms with Gasteiger partial charge in [0, 0.05) is 104 Å². The second-order valence-electron chi connectivity index (χ2n) is 28.8. The highest BCUT2D eigenvalue weighted by Gasteiger charge is 2.38.